The van der Waals surface area contributed by atoms with Gasteiger partial charge in [0.05, 0.1) is 37.2 Å². The third-order valence-corrected chi connectivity index (χ3v) is 11.2. The van der Waals surface area contributed by atoms with Crippen molar-refractivity contribution in [3.8, 4) is 23.0 Å². The zero-order chi connectivity index (χ0) is 32.7. The van der Waals surface area contributed by atoms with Gasteiger partial charge in [-0.2, -0.15) is 0 Å². The summed E-state index contributed by atoms with van der Waals surface area (Å²) in [5, 5.41) is 30.0. The standard InChI is InChI=1S/C30H25BrCl2N2O10/c1-44-19-8-13(36)9-20(45-2)22(19)23-14-5-6-16-21(17(14)10-29(32)27(42)34(11-31)28(43)30(23,29)33)25(39)35(24(16)38)12-3-4-15(26(40)41)18(37)7-12/h3-5,7-9,16-17,21,23,36-37H,6,10-11H2,1-2H3,(H,40,41). The van der Waals surface area contributed by atoms with Crippen molar-refractivity contribution in [2.45, 2.75) is 28.5 Å². The molecule has 15 heteroatoms. The number of allylic oxidation sites excluding steroid dienone is 2. The molecule has 2 aliphatic heterocycles. The molecule has 3 fully saturated rings. The maximum Gasteiger partial charge on any atom is 0.339 e. The summed E-state index contributed by atoms with van der Waals surface area (Å²) in [6.45, 7) is 0. The maximum absolute atomic E-state index is 14.2. The molecule has 0 bridgehead atoms. The van der Waals surface area contributed by atoms with Crippen molar-refractivity contribution in [1.29, 1.82) is 0 Å². The van der Waals surface area contributed by atoms with E-state index >= 15 is 0 Å². The number of carboxylic acids is 1. The van der Waals surface area contributed by atoms with Gasteiger partial charge < -0.3 is 24.8 Å². The van der Waals surface area contributed by atoms with Gasteiger partial charge in [-0.3, -0.25) is 24.1 Å². The second kappa shape index (κ2) is 10.6. The average molecular weight is 724 g/mol. The molecule has 2 heterocycles. The molecule has 6 unspecified atom stereocenters. The van der Waals surface area contributed by atoms with Crippen molar-refractivity contribution in [1.82, 2.24) is 4.90 Å². The number of likely N-dealkylation sites (tertiary alicyclic amines) is 1. The van der Waals surface area contributed by atoms with Crippen molar-refractivity contribution < 1.29 is 48.8 Å². The molecule has 2 aromatic carbocycles. The summed E-state index contributed by atoms with van der Waals surface area (Å²) in [4.78, 5) is 64.8. The number of hydrogen-bond acceptors (Lipinski definition) is 9. The molecule has 2 aromatic rings. The third kappa shape index (κ3) is 4.06. The van der Waals surface area contributed by atoms with Crippen molar-refractivity contribution in [2.75, 3.05) is 24.6 Å². The smallest absolute Gasteiger partial charge is 0.339 e. The van der Waals surface area contributed by atoms with Crippen LogP contribution in [0.5, 0.6) is 23.0 Å². The molecule has 2 aliphatic carbocycles. The van der Waals surface area contributed by atoms with Gasteiger partial charge in [-0.25, -0.2) is 9.69 Å². The van der Waals surface area contributed by atoms with Gasteiger partial charge in [0.1, 0.15) is 28.6 Å². The lowest BCUT2D eigenvalue weighted by atomic mass is 9.56. The number of halogens is 3. The van der Waals surface area contributed by atoms with Crippen LogP contribution in [-0.4, -0.2) is 79.2 Å². The molecule has 4 aliphatic rings. The highest BCUT2D eigenvalue weighted by molar-refractivity contribution is 9.09. The third-order valence-electron chi connectivity index (χ3n) is 9.30. The van der Waals surface area contributed by atoms with Crippen LogP contribution in [0, 0.1) is 17.8 Å². The minimum absolute atomic E-state index is 0.0254. The minimum atomic E-state index is -2.13. The lowest BCUT2D eigenvalue weighted by molar-refractivity contribution is -0.138. The number of benzene rings is 2. The van der Waals surface area contributed by atoms with Crippen molar-refractivity contribution >= 4 is 74.4 Å². The number of carboxylic acid groups (broad SMARTS) is 1. The monoisotopic (exact) mass is 722 g/mol. The minimum Gasteiger partial charge on any atom is -0.508 e. The van der Waals surface area contributed by atoms with Crippen LogP contribution < -0.4 is 14.4 Å². The summed E-state index contributed by atoms with van der Waals surface area (Å²) in [5.41, 5.74) is 0.0417. The lowest BCUT2D eigenvalue weighted by Crippen LogP contribution is -2.60. The van der Waals surface area contributed by atoms with E-state index in [9.17, 15) is 39.3 Å². The van der Waals surface area contributed by atoms with Crippen LogP contribution in [0.2, 0.25) is 0 Å². The number of aromatic carboxylic acids is 1. The predicted octanol–water partition coefficient (Wildman–Crippen LogP) is 3.73. The highest BCUT2D eigenvalue weighted by Crippen LogP contribution is 2.67. The molecule has 3 N–H and O–H groups in total. The SMILES string of the molecule is COc1cc(O)cc(OC)c1C1C2=CCC3C(=O)N(c4ccc(C(=O)O)c(O)c4)C(=O)C3C2CC2(Cl)C(=O)N(CBr)C(=O)C12Cl. The number of phenols is 2. The molecule has 1 saturated carbocycles. The van der Waals surface area contributed by atoms with E-state index in [1.165, 1.54) is 32.4 Å². The van der Waals surface area contributed by atoms with Gasteiger partial charge in [-0.05, 0) is 30.9 Å². The summed E-state index contributed by atoms with van der Waals surface area (Å²) in [5.74, 6) is -8.88. The Labute approximate surface area is 274 Å². The fourth-order valence-electron chi connectivity index (χ4n) is 7.37. The quantitative estimate of drug-likeness (QED) is 0.173. The molecule has 0 aromatic heterocycles. The fourth-order valence-corrected chi connectivity index (χ4v) is 8.78. The van der Waals surface area contributed by atoms with Crippen LogP contribution in [0.15, 0.2) is 42.0 Å². The van der Waals surface area contributed by atoms with E-state index in [4.69, 9.17) is 32.7 Å². The first kappa shape index (κ1) is 31.2. The first-order valence-electron chi connectivity index (χ1n) is 13.7. The van der Waals surface area contributed by atoms with E-state index in [-0.39, 0.29) is 46.8 Å². The molecular weight excluding hydrogens is 699 g/mol. The zero-order valence-electron chi connectivity index (χ0n) is 23.6. The van der Waals surface area contributed by atoms with E-state index in [0.717, 1.165) is 21.9 Å². The van der Waals surface area contributed by atoms with Gasteiger partial charge in [0.2, 0.25) is 11.8 Å². The van der Waals surface area contributed by atoms with Gasteiger partial charge in [-0.1, -0.05) is 27.6 Å². The molecule has 6 rings (SSSR count). The number of amides is 4. The maximum atomic E-state index is 14.2. The fraction of sp³-hybridized carbons (Fsp3) is 0.367. The first-order valence-corrected chi connectivity index (χ1v) is 15.5. The predicted molar refractivity (Wildman–Crippen MR) is 162 cm³/mol. The molecule has 12 nitrogen and oxygen atoms in total. The van der Waals surface area contributed by atoms with Crippen LogP contribution in [0.3, 0.4) is 0 Å². The highest BCUT2D eigenvalue weighted by atomic mass is 79.9. The molecule has 45 heavy (non-hydrogen) atoms. The number of anilines is 1. The number of carbonyl (C=O) groups is 5. The number of imide groups is 2. The van der Waals surface area contributed by atoms with Crippen molar-refractivity contribution in [3.63, 3.8) is 0 Å². The Kier molecular flexibility index (Phi) is 7.37. The Bertz CT molecular complexity index is 1720. The Balaban J connectivity index is 1.54. The van der Waals surface area contributed by atoms with Gasteiger partial charge in [0, 0.05) is 29.7 Å². The van der Waals surface area contributed by atoms with Crippen LogP contribution in [0.4, 0.5) is 5.69 Å². The number of hydrogen-bond donors (Lipinski definition) is 3. The van der Waals surface area contributed by atoms with Gasteiger partial charge >= 0.3 is 5.97 Å². The summed E-state index contributed by atoms with van der Waals surface area (Å²) in [6.07, 6.45) is 1.51. The van der Waals surface area contributed by atoms with E-state index in [1.54, 1.807) is 6.08 Å². The second-order valence-electron chi connectivity index (χ2n) is 11.3. The highest BCUT2D eigenvalue weighted by Gasteiger charge is 2.76. The van der Waals surface area contributed by atoms with Crippen molar-refractivity contribution in [3.05, 3.63) is 53.1 Å². The van der Waals surface area contributed by atoms with Crippen LogP contribution in [0.1, 0.15) is 34.7 Å². The Morgan fingerprint density at radius 1 is 1.00 bits per heavy atom. The molecule has 236 valence electrons. The van der Waals surface area contributed by atoms with E-state index < -0.39 is 74.3 Å². The number of alkyl halides is 3. The van der Waals surface area contributed by atoms with Gasteiger partial charge in [-0.15, -0.1) is 23.2 Å². The van der Waals surface area contributed by atoms with Crippen molar-refractivity contribution in [2.24, 2.45) is 17.8 Å². The number of aromatic hydroxyl groups is 2. The first-order chi connectivity index (χ1) is 21.3. The number of ether oxygens (including phenoxy) is 2. The Hall–Kier alpha value is -3.81. The van der Waals surface area contributed by atoms with Crippen LogP contribution >= 0.6 is 39.1 Å². The van der Waals surface area contributed by atoms with Crippen LogP contribution in [0.25, 0.3) is 0 Å². The molecule has 4 amide bonds. The van der Waals surface area contributed by atoms with Gasteiger partial charge in [0.15, 0.2) is 9.75 Å². The summed E-state index contributed by atoms with van der Waals surface area (Å²) in [6, 6.07) is 5.96. The number of nitrogens with zero attached hydrogens (tertiary/aromatic N) is 2. The van der Waals surface area contributed by atoms with Gasteiger partial charge in [0.25, 0.3) is 11.8 Å². The molecular formula is C30H25BrCl2N2O10. The summed E-state index contributed by atoms with van der Waals surface area (Å²) >= 11 is 17.7. The second-order valence-corrected chi connectivity index (χ2v) is 13.0. The molecule has 0 spiro atoms. The van der Waals surface area contributed by atoms with E-state index in [2.05, 4.69) is 15.9 Å². The van der Waals surface area contributed by atoms with Crippen LogP contribution in [-0.2, 0) is 19.2 Å². The zero-order valence-corrected chi connectivity index (χ0v) is 26.7. The normalized spacial score (nSPS) is 30.6. The Morgan fingerprint density at radius 2 is 1.64 bits per heavy atom. The number of fused-ring (bicyclic) bond motifs is 4. The van der Waals surface area contributed by atoms with E-state index in [0.29, 0.717) is 5.57 Å². The largest absolute Gasteiger partial charge is 0.508 e. The topological polar surface area (TPSA) is 171 Å². The molecule has 0 radical (unpaired) electrons. The average Bonchev–Trinajstić information content (AvgIpc) is 3.34. The molecule has 2 saturated heterocycles. The lowest BCUT2D eigenvalue weighted by Gasteiger charge is -2.51. The number of methoxy groups -OCH3 is 2. The Morgan fingerprint density at radius 3 is 2.20 bits per heavy atom. The molecule has 6 atom stereocenters. The number of phenolic OH excluding ortho intramolecular Hbond substituents is 1. The van der Waals surface area contributed by atoms with E-state index in [1.807, 2.05) is 0 Å². The summed E-state index contributed by atoms with van der Waals surface area (Å²) in [7, 11) is 2.68. The summed E-state index contributed by atoms with van der Waals surface area (Å²) < 4.78 is 11.2. The number of rotatable bonds is 6. The number of carbonyl (C=O) groups excluding carboxylic acids is 4.